The molecular weight excluding hydrogens is 747 g/mol. The fourth-order valence-corrected chi connectivity index (χ4v) is 23.2. The van der Waals surface area contributed by atoms with E-state index in [-0.39, 0.29) is 0 Å². The molecule has 0 saturated heterocycles. The minimum absolute atomic E-state index is 0.895. The number of aryl methyl sites for hydroxylation is 2. The highest BCUT2D eigenvalue weighted by atomic mass is 32.2. The van der Waals surface area contributed by atoms with Crippen molar-refractivity contribution in [3.8, 4) is 5.75 Å². The van der Waals surface area contributed by atoms with Crippen molar-refractivity contribution >= 4 is 69.3 Å². The lowest BCUT2D eigenvalue weighted by atomic mass is 10.2. The minimum atomic E-state index is -1.56. The first kappa shape index (κ1) is 45.8. The Bertz CT molecular complexity index is 1470. The number of methoxy groups -OCH3 is 1. The van der Waals surface area contributed by atoms with Crippen LogP contribution in [0.15, 0.2) is 117 Å². The second kappa shape index (κ2) is 21.5. The Morgan fingerprint density at radius 1 is 0.519 bits per heavy atom. The molecule has 0 unspecified atom stereocenters. The van der Waals surface area contributed by atoms with Crippen molar-refractivity contribution in [3.05, 3.63) is 108 Å². The maximum Gasteiger partial charge on any atom is 0.173 e. The summed E-state index contributed by atoms with van der Waals surface area (Å²) in [6.07, 6.45) is 2.22. The van der Waals surface area contributed by atoms with Crippen LogP contribution in [-0.4, -0.2) is 54.2 Å². The summed E-state index contributed by atoms with van der Waals surface area (Å²) in [5, 5.41) is 3.15. The lowest BCUT2D eigenvalue weighted by molar-refractivity contribution is -0.0980. The molecule has 0 aromatic heterocycles. The van der Waals surface area contributed by atoms with E-state index in [1.807, 2.05) is 37.7 Å². The molecule has 5 nitrogen and oxygen atoms in total. The number of anilines is 1. The molecule has 11 heteroatoms. The Balaban J connectivity index is 0.000000344. The fourth-order valence-electron chi connectivity index (χ4n) is 5.70. The van der Waals surface area contributed by atoms with E-state index in [2.05, 4.69) is 156 Å². The first-order valence-corrected chi connectivity index (χ1v) is 32.7. The summed E-state index contributed by atoms with van der Waals surface area (Å²) in [6, 6.07) is 37.1. The van der Waals surface area contributed by atoms with Crippen molar-refractivity contribution < 1.29 is 17.8 Å². The van der Waals surface area contributed by atoms with Crippen LogP contribution < -0.4 is 10.1 Å². The van der Waals surface area contributed by atoms with Gasteiger partial charge in [-0.2, -0.15) is 0 Å². The van der Waals surface area contributed by atoms with Gasteiger partial charge in [0, 0.05) is 32.3 Å². The second-order valence-electron chi connectivity index (χ2n) is 15.9. The Morgan fingerprint density at radius 2 is 0.827 bits per heavy atom. The molecule has 4 aromatic rings. The predicted octanol–water partition coefficient (Wildman–Crippen LogP) is 12.7. The summed E-state index contributed by atoms with van der Waals surface area (Å²) < 4.78 is 18.1. The number of ether oxygens (including phenoxy) is 1. The average Bonchev–Trinajstić information content (AvgIpc) is 3.07. The molecule has 1 N–H and O–H groups in total. The van der Waals surface area contributed by atoms with E-state index >= 15 is 0 Å². The molecule has 0 atom stereocenters. The van der Waals surface area contributed by atoms with Crippen LogP contribution in [0.1, 0.15) is 11.1 Å². The summed E-state index contributed by atoms with van der Waals surface area (Å²) in [5.74, 6) is 0.895. The molecule has 0 fully saturated rings. The Morgan fingerprint density at radius 3 is 1.12 bits per heavy atom. The van der Waals surface area contributed by atoms with Crippen LogP contribution in [0, 0.1) is 0 Å². The molecule has 0 saturated carbocycles. The van der Waals surface area contributed by atoms with Crippen LogP contribution in [0.25, 0.3) is 0 Å². The van der Waals surface area contributed by atoms with Crippen LogP contribution in [0.3, 0.4) is 0 Å². The normalized spacial score (nSPS) is 11.8. The van der Waals surface area contributed by atoms with Crippen molar-refractivity contribution in [1.29, 1.82) is 0 Å². The zero-order chi connectivity index (χ0) is 39.0. The summed E-state index contributed by atoms with van der Waals surface area (Å²) in [7, 11) is -2.35. The summed E-state index contributed by atoms with van der Waals surface area (Å²) in [5.41, 5.74) is 3.96. The van der Waals surface area contributed by atoms with Gasteiger partial charge < -0.3 is 23.1 Å². The Hall–Kier alpha value is -2.36. The van der Waals surface area contributed by atoms with E-state index in [1.54, 1.807) is 18.9 Å². The summed E-state index contributed by atoms with van der Waals surface area (Å²) in [4.78, 5) is 13.1. The molecule has 0 aliphatic rings. The van der Waals surface area contributed by atoms with Crippen molar-refractivity contribution in [2.45, 2.75) is 110 Å². The second-order valence-corrected chi connectivity index (χ2v) is 36.3. The van der Waals surface area contributed by atoms with Gasteiger partial charge in [0.25, 0.3) is 0 Å². The van der Waals surface area contributed by atoms with Gasteiger partial charge in [-0.3, -0.25) is 0 Å². The average molecular weight is 810 g/mol. The molecule has 0 radical (unpaired) electrons. The first-order chi connectivity index (χ1) is 24.3. The van der Waals surface area contributed by atoms with Crippen LogP contribution >= 0.6 is 23.5 Å². The lowest BCUT2D eigenvalue weighted by Crippen LogP contribution is -2.42. The third-order valence-corrected chi connectivity index (χ3v) is 22.0. The molecule has 0 aliphatic carbocycles. The number of nitrogens with one attached hydrogen (secondary N) is 1. The molecule has 52 heavy (non-hydrogen) atoms. The van der Waals surface area contributed by atoms with E-state index in [0.717, 1.165) is 24.3 Å². The molecule has 0 amide bonds. The summed E-state index contributed by atoms with van der Waals surface area (Å²) >= 11 is 3.59. The van der Waals surface area contributed by atoms with Gasteiger partial charge in [-0.05, 0) is 174 Å². The quantitative estimate of drug-likeness (QED) is 0.113. The van der Waals surface area contributed by atoms with Crippen molar-refractivity contribution in [2.75, 3.05) is 19.5 Å². The fraction of sp³-hybridized carbons (Fsp3) is 0.390. The minimum Gasteiger partial charge on any atom is -0.497 e. The van der Waals surface area contributed by atoms with Gasteiger partial charge in [0.15, 0.2) is 33.3 Å². The van der Waals surface area contributed by atoms with E-state index < -0.39 is 33.3 Å². The number of rotatable bonds is 16. The van der Waals surface area contributed by atoms with Crippen molar-refractivity contribution in [1.82, 2.24) is 0 Å². The molecule has 0 spiro atoms. The van der Waals surface area contributed by atoms with Gasteiger partial charge in [-0.15, -0.1) is 0 Å². The summed E-state index contributed by atoms with van der Waals surface area (Å²) in [6.45, 7) is 25.1. The molecular formula is C41H63NO4S2Si4. The van der Waals surface area contributed by atoms with Gasteiger partial charge >= 0.3 is 0 Å². The van der Waals surface area contributed by atoms with Crippen LogP contribution in [-0.2, 0) is 25.9 Å². The predicted molar refractivity (Wildman–Crippen MR) is 238 cm³/mol. The smallest absolute Gasteiger partial charge is 0.173 e. The zero-order valence-corrected chi connectivity index (χ0v) is 39.4. The molecule has 4 aromatic carbocycles. The van der Waals surface area contributed by atoms with Crippen LogP contribution in [0.5, 0.6) is 5.75 Å². The van der Waals surface area contributed by atoms with Gasteiger partial charge in [-0.1, -0.05) is 47.8 Å². The lowest BCUT2D eigenvalue weighted by Gasteiger charge is -2.31. The van der Waals surface area contributed by atoms with Crippen molar-refractivity contribution in [3.63, 3.8) is 0 Å². The van der Waals surface area contributed by atoms with Gasteiger partial charge in [-0.25, -0.2) is 0 Å². The largest absolute Gasteiger partial charge is 0.497 e. The maximum absolute atomic E-state index is 8.00. The highest BCUT2D eigenvalue weighted by Gasteiger charge is 2.30. The molecule has 4 rings (SSSR count). The Kier molecular flexibility index (Phi) is 18.9. The van der Waals surface area contributed by atoms with Gasteiger partial charge in [0.2, 0.25) is 0 Å². The van der Waals surface area contributed by atoms with Crippen LogP contribution in [0.4, 0.5) is 5.69 Å². The topological polar surface area (TPSA) is 56.8 Å². The molecule has 284 valence electrons. The highest BCUT2D eigenvalue weighted by molar-refractivity contribution is 7.99. The first-order valence-electron chi connectivity index (χ1n) is 18.0. The standard InChI is InChI=1S/C20H31NOSSi2.C20H30O2SSi2.CH2O/c2*1-21-18-9-13-20(14-10-18)23-19-11-7-17(8-12-19)15-16-25(5,6)22-24(2,3)4;1-2/h7-14,21H,15-16H2,1-6H3;7-14H,15-16H2,1-6H3;1H2. The third-order valence-electron chi connectivity index (χ3n) is 7.72. The monoisotopic (exact) mass is 809 g/mol. The molecule has 0 heterocycles. The van der Waals surface area contributed by atoms with Gasteiger partial charge in [0.05, 0.1) is 7.11 Å². The van der Waals surface area contributed by atoms with E-state index in [1.165, 1.54) is 42.8 Å². The molecule has 0 bridgehead atoms. The number of carbonyl (C=O) groups is 1. The number of hydrogen-bond acceptors (Lipinski definition) is 7. The molecule has 0 aliphatic heterocycles. The SMILES string of the molecule is C=O.CNc1ccc(Sc2ccc(CC[Si](C)(C)O[Si](C)(C)C)cc2)cc1.COc1ccc(Sc2ccc(CC[Si](C)(C)O[Si](C)(C)C)cc2)cc1. The van der Waals surface area contributed by atoms with E-state index in [0.29, 0.717) is 0 Å². The number of carbonyl (C=O) groups excluding carboxylic acids is 1. The zero-order valence-electron chi connectivity index (χ0n) is 33.7. The highest BCUT2D eigenvalue weighted by Crippen LogP contribution is 2.31. The van der Waals surface area contributed by atoms with E-state index in [4.69, 9.17) is 17.8 Å². The van der Waals surface area contributed by atoms with Gasteiger partial charge in [0.1, 0.15) is 12.5 Å². The number of benzene rings is 4. The van der Waals surface area contributed by atoms with E-state index in [9.17, 15) is 0 Å². The third kappa shape index (κ3) is 19.1. The number of hydrogen-bond donors (Lipinski definition) is 1. The van der Waals surface area contributed by atoms with Crippen LogP contribution in [0.2, 0.25) is 77.6 Å². The van der Waals surface area contributed by atoms with Crippen molar-refractivity contribution in [2.24, 2.45) is 0 Å². The Labute approximate surface area is 328 Å². The maximum atomic E-state index is 8.00.